The van der Waals surface area contributed by atoms with E-state index in [-0.39, 0.29) is 15.5 Å². The van der Waals surface area contributed by atoms with Crippen LogP contribution in [-0.4, -0.2) is 22.7 Å². The van der Waals surface area contributed by atoms with Crippen LogP contribution in [-0.2, 0) is 9.22 Å². The van der Waals surface area contributed by atoms with Crippen molar-refractivity contribution >= 4 is 15.5 Å². The Labute approximate surface area is 57.8 Å². The van der Waals surface area contributed by atoms with Crippen molar-refractivity contribution < 1.29 is 9.22 Å². The van der Waals surface area contributed by atoms with Crippen LogP contribution in [0.1, 0.15) is 6.92 Å². The van der Waals surface area contributed by atoms with Gasteiger partial charge >= 0.3 is 0 Å². The molecule has 0 bridgehead atoms. The maximum absolute atomic E-state index is 10.7. The summed E-state index contributed by atoms with van der Waals surface area (Å²) in [6, 6.07) is 0.478. The zero-order valence-corrected chi connectivity index (χ0v) is 6.73. The molecule has 0 amide bonds. The Morgan fingerprint density at radius 3 is 2.67 bits per heavy atom. The lowest BCUT2D eigenvalue weighted by atomic mass is 10.2. The van der Waals surface area contributed by atoms with Crippen LogP contribution in [0.5, 0.6) is 0 Å². The summed E-state index contributed by atoms with van der Waals surface area (Å²) in [4.78, 5) is 10.7. The first kappa shape index (κ1) is 8.59. The molecule has 0 N–H and O–H groups in total. The predicted octanol–water partition coefficient (Wildman–Crippen LogP) is 0.815. The molecule has 50 valence electrons. The van der Waals surface area contributed by atoms with Gasteiger partial charge < -0.3 is 4.43 Å². The van der Waals surface area contributed by atoms with Crippen LogP contribution in [0.2, 0.25) is 6.04 Å². The molecule has 0 aromatic rings. The molecule has 0 fully saturated rings. The van der Waals surface area contributed by atoms with Gasteiger partial charge in [0.1, 0.15) is 0 Å². The van der Waals surface area contributed by atoms with E-state index in [0.717, 1.165) is 0 Å². The third kappa shape index (κ3) is 4.11. The van der Waals surface area contributed by atoms with Crippen molar-refractivity contribution in [3.05, 3.63) is 12.2 Å². The zero-order chi connectivity index (χ0) is 7.28. The predicted molar refractivity (Wildman–Crippen MR) is 37.4 cm³/mol. The summed E-state index contributed by atoms with van der Waals surface area (Å²) in [5, 5.41) is 0. The van der Waals surface area contributed by atoms with Gasteiger partial charge in [-0.15, -0.1) is 0 Å². The van der Waals surface area contributed by atoms with E-state index in [0.29, 0.717) is 11.6 Å². The fraction of sp³-hybridized carbons (Fsp3) is 0.500. The van der Waals surface area contributed by atoms with E-state index in [1.807, 2.05) is 0 Å². The first-order chi connectivity index (χ1) is 4.18. The molecule has 0 spiro atoms. The van der Waals surface area contributed by atoms with Crippen LogP contribution < -0.4 is 0 Å². The number of ketones is 1. The van der Waals surface area contributed by atoms with Crippen LogP contribution >= 0.6 is 0 Å². The third-order valence-electron chi connectivity index (χ3n) is 0.853. The van der Waals surface area contributed by atoms with E-state index in [1.54, 1.807) is 14.0 Å². The number of rotatable bonds is 4. The Morgan fingerprint density at radius 2 is 2.33 bits per heavy atom. The van der Waals surface area contributed by atoms with Crippen molar-refractivity contribution in [3.8, 4) is 0 Å². The Bertz CT molecular complexity index is 120. The Hall–Kier alpha value is -0.413. The van der Waals surface area contributed by atoms with Gasteiger partial charge in [0.15, 0.2) is 5.78 Å². The second-order valence-corrected chi connectivity index (χ2v) is 2.78. The van der Waals surface area contributed by atoms with Gasteiger partial charge in [0.25, 0.3) is 0 Å². The van der Waals surface area contributed by atoms with Gasteiger partial charge in [-0.3, -0.25) is 4.79 Å². The lowest BCUT2D eigenvalue weighted by molar-refractivity contribution is -0.113. The van der Waals surface area contributed by atoms with Crippen LogP contribution in [0.15, 0.2) is 12.2 Å². The van der Waals surface area contributed by atoms with Crippen molar-refractivity contribution in [1.29, 1.82) is 0 Å². The molecule has 2 radical (unpaired) electrons. The minimum atomic E-state index is 0.0928. The van der Waals surface area contributed by atoms with Crippen molar-refractivity contribution in [2.75, 3.05) is 7.11 Å². The third-order valence-corrected chi connectivity index (χ3v) is 1.61. The summed E-state index contributed by atoms with van der Waals surface area (Å²) < 4.78 is 4.73. The second-order valence-electron chi connectivity index (χ2n) is 1.73. The van der Waals surface area contributed by atoms with Crippen LogP contribution in [0, 0.1) is 0 Å². The Morgan fingerprint density at radius 1 is 1.78 bits per heavy atom. The largest absolute Gasteiger partial charge is 0.420 e. The van der Waals surface area contributed by atoms with Crippen LogP contribution in [0.4, 0.5) is 0 Å². The highest BCUT2D eigenvalue weighted by atomic mass is 28.2. The molecule has 0 unspecified atom stereocenters. The molecule has 0 saturated heterocycles. The maximum atomic E-state index is 10.7. The average molecular weight is 142 g/mol. The molecule has 0 aliphatic heterocycles. The standard InChI is InChI=1S/C6H10O2Si/c1-5(2)6(7)4-9-8-3/h1,4H2,2-3H3. The van der Waals surface area contributed by atoms with Crippen molar-refractivity contribution in [2.24, 2.45) is 0 Å². The summed E-state index contributed by atoms with van der Waals surface area (Å²) >= 11 is 0. The lowest BCUT2D eigenvalue weighted by Crippen LogP contribution is -2.04. The first-order valence-electron chi connectivity index (χ1n) is 2.63. The topological polar surface area (TPSA) is 26.3 Å². The number of allylic oxidation sites excluding steroid dienone is 1. The maximum Gasteiger partial charge on any atom is 0.237 e. The number of carbonyl (C=O) groups is 1. The molecule has 0 aromatic heterocycles. The van der Waals surface area contributed by atoms with Gasteiger partial charge in [0.05, 0.1) is 0 Å². The molecular formula is C6H10O2Si. The highest BCUT2D eigenvalue weighted by Crippen LogP contribution is 1.93. The molecule has 3 heteroatoms. The highest BCUT2D eigenvalue weighted by Gasteiger charge is 2.01. The summed E-state index contributed by atoms with van der Waals surface area (Å²) in [5.74, 6) is 0.0928. The van der Waals surface area contributed by atoms with E-state index in [2.05, 4.69) is 6.58 Å². The monoisotopic (exact) mass is 142 g/mol. The van der Waals surface area contributed by atoms with Gasteiger partial charge in [-0.1, -0.05) is 6.58 Å². The van der Waals surface area contributed by atoms with E-state index in [4.69, 9.17) is 4.43 Å². The van der Waals surface area contributed by atoms with Gasteiger partial charge in [0, 0.05) is 13.2 Å². The van der Waals surface area contributed by atoms with Gasteiger partial charge in [-0.25, -0.2) is 0 Å². The van der Waals surface area contributed by atoms with Gasteiger partial charge in [-0.2, -0.15) is 0 Å². The van der Waals surface area contributed by atoms with E-state index >= 15 is 0 Å². The van der Waals surface area contributed by atoms with Crippen molar-refractivity contribution in [1.82, 2.24) is 0 Å². The first-order valence-corrected chi connectivity index (χ1v) is 3.74. The van der Waals surface area contributed by atoms with Crippen molar-refractivity contribution in [3.63, 3.8) is 0 Å². The quantitative estimate of drug-likeness (QED) is 0.429. The molecule has 0 aliphatic rings. The Kier molecular flexibility index (Phi) is 4.26. The number of carbonyl (C=O) groups excluding carboxylic acids is 1. The number of hydrogen-bond acceptors (Lipinski definition) is 2. The van der Waals surface area contributed by atoms with Crippen LogP contribution in [0.25, 0.3) is 0 Å². The molecule has 0 rings (SSSR count). The fourth-order valence-electron chi connectivity index (χ4n) is 0.289. The molecule has 0 atom stereocenters. The SMILES string of the molecule is C=C(C)C(=O)C[Si]OC. The summed E-state index contributed by atoms with van der Waals surface area (Å²) in [7, 11) is 1.87. The fourth-order valence-corrected chi connectivity index (χ4v) is 0.866. The van der Waals surface area contributed by atoms with Crippen LogP contribution in [0.3, 0.4) is 0 Å². The lowest BCUT2D eigenvalue weighted by Gasteiger charge is -1.93. The normalized spacial score (nSPS) is 9.11. The average Bonchev–Trinajstić information content (AvgIpc) is 1.82. The summed E-state index contributed by atoms with van der Waals surface area (Å²) in [5.41, 5.74) is 0.611. The molecule has 2 nitrogen and oxygen atoms in total. The van der Waals surface area contributed by atoms with Gasteiger partial charge in [0.2, 0.25) is 9.76 Å². The summed E-state index contributed by atoms with van der Waals surface area (Å²) in [6.45, 7) is 5.22. The molecule has 0 saturated carbocycles. The smallest absolute Gasteiger partial charge is 0.237 e. The summed E-state index contributed by atoms with van der Waals surface area (Å²) in [6.07, 6.45) is 0. The van der Waals surface area contributed by atoms with Gasteiger partial charge in [-0.05, 0) is 12.5 Å². The minimum Gasteiger partial charge on any atom is -0.420 e. The Balaban J connectivity index is 3.39. The van der Waals surface area contributed by atoms with E-state index in [9.17, 15) is 4.79 Å². The minimum absolute atomic E-state index is 0.0928. The molecule has 0 heterocycles. The van der Waals surface area contributed by atoms with E-state index in [1.165, 1.54) is 0 Å². The highest BCUT2D eigenvalue weighted by molar-refractivity contribution is 6.36. The molecule has 0 aliphatic carbocycles. The molecule has 0 aromatic carbocycles. The zero-order valence-electron chi connectivity index (χ0n) is 5.73. The number of hydrogen-bond donors (Lipinski definition) is 0. The number of Topliss-reactive ketones (excluding diaryl/α,β-unsaturated/α-hetero) is 1. The molecular weight excluding hydrogens is 132 g/mol. The molecule has 9 heavy (non-hydrogen) atoms. The second kappa shape index (κ2) is 4.46. The van der Waals surface area contributed by atoms with Crippen molar-refractivity contribution in [2.45, 2.75) is 13.0 Å². The van der Waals surface area contributed by atoms with E-state index < -0.39 is 0 Å².